The molecule has 0 spiro atoms. The van der Waals surface area contributed by atoms with Gasteiger partial charge in [-0.05, 0) is 49.5 Å². The molecule has 19 heavy (non-hydrogen) atoms. The molecule has 0 heterocycles. The van der Waals surface area contributed by atoms with Crippen LogP contribution in [-0.2, 0) is 4.79 Å². The molecule has 3 unspecified atom stereocenters. The summed E-state index contributed by atoms with van der Waals surface area (Å²) >= 11 is 0. The highest BCUT2D eigenvalue weighted by Gasteiger charge is 2.28. The number of rotatable bonds is 6. The van der Waals surface area contributed by atoms with E-state index in [4.69, 9.17) is 5.73 Å². The lowest BCUT2D eigenvalue weighted by Crippen LogP contribution is -2.26. The van der Waals surface area contributed by atoms with Crippen LogP contribution in [0.25, 0.3) is 0 Å². The maximum Gasteiger partial charge on any atom is 0.135 e. The second-order valence-electron chi connectivity index (χ2n) is 7.61. The van der Waals surface area contributed by atoms with Crippen LogP contribution in [0, 0.1) is 23.2 Å². The van der Waals surface area contributed by atoms with Crippen LogP contribution in [0.15, 0.2) is 0 Å². The van der Waals surface area contributed by atoms with E-state index in [1.165, 1.54) is 12.8 Å². The topological polar surface area (TPSA) is 43.1 Å². The average Bonchev–Trinajstić information content (AvgIpc) is 2.32. The zero-order chi connectivity index (χ0) is 14.5. The number of hydrogen-bond acceptors (Lipinski definition) is 2. The SMILES string of the molecule is CC1CCCC(C(=O)CCC(CCN)C(C)(C)C)C1. The third kappa shape index (κ3) is 5.64. The first-order valence-electron chi connectivity index (χ1n) is 8.07. The van der Waals surface area contributed by atoms with E-state index in [1.807, 2.05) is 0 Å². The van der Waals surface area contributed by atoms with E-state index in [0.717, 1.165) is 44.6 Å². The molecule has 2 N–H and O–H groups in total. The fourth-order valence-corrected chi connectivity index (χ4v) is 3.46. The summed E-state index contributed by atoms with van der Waals surface area (Å²) in [6.45, 7) is 9.81. The summed E-state index contributed by atoms with van der Waals surface area (Å²) in [4.78, 5) is 12.3. The first kappa shape index (κ1) is 16.7. The fourth-order valence-electron chi connectivity index (χ4n) is 3.46. The van der Waals surface area contributed by atoms with E-state index in [-0.39, 0.29) is 5.41 Å². The van der Waals surface area contributed by atoms with Gasteiger partial charge in [-0.15, -0.1) is 0 Å². The molecule has 0 aromatic rings. The Balaban J connectivity index is 2.43. The van der Waals surface area contributed by atoms with Gasteiger partial charge in [0.25, 0.3) is 0 Å². The Morgan fingerprint density at radius 3 is 2.47 bits per heavy atom. The number of ketones is 1. The summed E-state index contributed by atoms with van der Waals surface area (Å²) in [5.41, 5.74) is 5.97. The van der Waals surface area contributed by atoms with E-state index >= 15 is 0 Å². The molecular formula is C17H33NO. The molecule has 1 saturated carbocycles. The van der Waals surface area contributed by atoms with E-state index in [0.29, 0.717) is 17.6 Å². The molecule has 112 valence electrons. The number of carbonyl (C=O) groups excluding carboxylic acids is 1. The lowest BCUT2D eigenvalue weighted by molar-refractivity contribution is -0.124. The van der Waals surface area contributed by atoms with Gasteiger partial charge in [-0.25, -0.2) is 0 Å². The first-order valence-corrected chi connectivity index (χ1v) is 8.07. The third-order valence-electron chi connectivity index (χ3n) is 4.87. The Bertz CT molecular complexity index is 279. The minimum atomic E-state index is 0.263. The van der Waals surface area contributed by atoms with Crippen molar-refractivity contribution in [3.05, 3.63) is 0 Å². The summed E-state index contributed by atoms with van der Waals surface area (Å²) in [5, 5.41) is 0. The van der Waals surface area contributed by atoms with Gasteiger partial charge in [0, 0.05) is 12.3 Å². The van der Waals surface area contributed by atoms with E-state index in [1.54, 1.807) is 0 Å². The molecule has 1 aliphatic rings. The lowest BCUT2D eigenvalue weighted by Gasteiger charge is -2.31. The van der Waals surface area contributed by atoms with Crippen LogP contribution in [0.2, 0.25) is 0 Å². The van der Waals surface area contributed by atoms with Crippen molar-refractivity contribution in [1.29, 1.82) is 0 Å². The smallest absolute Gasteiger partial charge is 0.135 e. The van der Waals surface area contributed by atoms with Gasteiger partial charge in [-0.3, -0.25) is 4.79 Å². The summed E-state index contributed by atoms with van der Waals surface area (Å²) in [5.74, 6) is 2.17. The van der Waals surface area contributed by atoms with Crippen LogP contribution >= 0.6 is 0 Å². The molecule has 0 radical (unpaired) electrons. The van der Waals surface area contributed by atoms with Crippen molar-refractivity contribution < 1.29 is 4.79 Å². The Hall–Kier alpha value is -0.370. The number of carbonyl (C=O) groups is 1. The number of Topliss-reactive ketones (excluding diaryl/α,β-unsaturated/α-hetero) is 1. The molecule has 1 rings (SSSR count). The van der Waals surface area contributed by atoms with Crippen molar-refractivity contribution >= 4 is 5.78 Å². The predicted molar refractivity (Wildman–Crippen MR) is 82.0 cm³/mol. The molecule has 3 atom stereocenters. The second kappa shape index (κ2) is 7.42. The molecule has 0 aromatic heterocycles. The predicted octanol–water partition coefficient (Wildman–Crippen LogP) is 4.17. The molecule has 0 aliphatic heterocycles. The second-order valence-corrected chi connectivity index (χ2v) is 7.61. The summed E-state index contributed by atoms with van der Waals surface area (Å²) in [6, 6.07) is 0. The van der Waals surface area contributed by atoms with E-state index in [9.17, 15) is 4.79 Å². The highest BCUT2D eigenvalue weighted by Crippen LogP contribution is 2.34. The van der Waals surface area contributed by atoms with Gasteiger partial charge in [-0.2, -0.15) is 0 Å². The van der Waals surface area contributed by atoms with Crippen LogP contribution in [-0.4, -0.2) is 12.3 Å². The lowest BCUT2D eigenvalue weighted by atomic mass is 9.74. The normalized spacial score (nSPS) is 26.2. The molecule has 1 fully saturated rings. The molecular weight excluding hydrogens is 234 g/mol. The Morgan fingerprint density at radius 2 is 1.95 bits per heavy atom. The summed E-state index contributed by atoms with van der Waals surface area (Å²) in [6.07, 6.45) is 7.61. The highest BCUT2D eigenvalue weighted by atomic mass is 16.1. The molecule has 0 saturated heterocycles. The van der Waals surface area contributed by atoms with Gasteiger partial charge in [0.05, 0.1) is 0 Å². The average molecular weight is 267 g/mol. The van der Waals surface area contributed by atoms with Crippen LogP contribution in [0.1, 0.15) is 72.6 Å². The highest BCUT2D eigenvalue weighted by molar-refractivity contribution is 5.81. The maximum absolute atomic E-state index is 12.3. The molecule has 0 aromatic carbocycles. The van der Waals surface area contributed by atoms with Gasteiger partial charge in [0.15, 0.2) is 0 Å². The molecule has 0 amide bonds. The summed E-state index contributed by atoms with van der Waals surface area (Å²) < 4.78 is 0. The van der Waals surface area contributed by atoms with Crippen LogP contribution in [0.5, 0.6) is 0 Å². The molecule has 1 aliphatic carbocycles. The number of nitrogens with two attached hydrogens (primary N) is 1. The van der Waals surface area contributed by atoms with Gasteiger partial charge in [-0.1, -0.05) is 40.5 Å². The Kier molecular flexibility index (Phi) is 6.52. The third-order valence-corrected chi connectivity index (χ3v) is 4.87. The van der Waals surface area contributed by atoms with Crippen LogP contribution in [0.3, 0.4) is 0 Å². The van der Waals surface area contributed by atoms with Gasteiger partial charge in [0.1, 0.15) is 5.78 Å². The number of hydrogen-bond donors (Lipinski definition) is 1. The molecule has 2 heteroatoms. The standard InChI is InChI=1S/C17H33NO/c1-13-6-5-7-14(12-13)16(19)9-8-15(10-11-18)17(2,3)4/h13-15H,5-12,18H2,1-4H3. The Morgan fingerprint density at radius 1 is 1.26 bits per heavy atom. The van der Waals surface area contributed by atoms with Gasteiger partial charge in [0.2, 0.25) is 0 Å². The fraction of sp³-hybridized carbons (Fsp3) is 0.941. The molecule has 2 nitrogen and oxygen atoms in total. The quantitative estimate of drug-likeness (QED) is 0.784. The van der Waals surface area contributed by atoms with Crippen molar-refractivity contribution in [3.8, 4) is 0 Å². The van der Waals surface area contributed by atoms with Crippen molar-refractivity contribution in [2.45, 2.75) is 72.6 Å². The Labute approximate surface area is 119 Å². The molecule has 0 bridgehead atoms. The van der Waals surface area contributed by atoms with E-state index in [2.05, 4.69) is 27.7 Å². The zero-order valence-electron chi connectivity index (χ0n) is 13.4. The van der Waals surface area contributed by atoms with Gasteiger partial charge >= 0.3 is 0 Å². The summed E-state index contributed by atoms with van der Waals surface area (Å²) in [7, 11) is 0. The largest absolute Gasteiger partial charge is 0.330 e. The maximum atomic E-state index is 12.3. The van der Waals surface area contributed by atoms with Crippen molar-refractivity contribution in [2.24, 2.45) is 28.9 Å². The van der Waals surface area contributed by atoms with Crippen molar-refractivity contribution in [1.82, 2.24) is 0 Å². The minimum Gasteiger partial charge on any atom is -0.330 e. The zero-order valence-corrected chi connectivity index (χ0v) is 13.4. The van der Waals surface area contributed by atoms with Crippen molar-refractivity contribution in [3.63, 3.8) is 0 Å². The van der Waals surface area contributed by atoms with Crippen molar-refractivity contribution in [2.75, 3.05) is 6.54 Å². The van der Waals surface area contributed by atoms with Crippen LogP contribution < -0.4 is 5.73 Å². The minimum absolute atomic E-state index is 0.263. The van der Waals surface area contributed by atoms with E-state index < -0.39 is 0 Å². The van der Waals surface area contributed by atoms with Gasteiger partial charge < -0.3 is 5.73 Å². The first-order chi connectivity index (χ1) is 8.84. The van der Waals surface area contributed by atoms with Crippen LogP contribution in [0.4, 0.5) is 0 Å². The monoisotopic (exact) mass is 267 g/mol.